The molecule has 1 aromatic rings. The standard InChI is InChI=1S/C13H21N3O2S/c1-3-7-14-13(18)15-12(17)10-16(4-2)9-11-6-5-8-19-11/h5-6,8H,3-4,7,9-10H2,1-2H3,(H2,14,15,17,18). The van der Waals surface area contributed by atoms with Crippen molar-refractivity contribution in [1.29, 1.82) is 0 Å². The maximum absolute atomic E-state index is 11.7. The van der Waals surface area contributed by atoms with Crippen LogP contribution < -0.4 is 10.6 Å². The second-order valence-corrected chi connectivity index (χ2v) is 5.22. The van der Waals surface area contributed by atoms with E-state index in [-0.39, 0.29) is 12.5 Å². The van der Waals surface area contributed by atoms with E-state index in [0.717, 1.165) is 19.5 Å². The molecule has 0 aliphatic rings. The minimum Gasteiger partial charge on any atom is -0.338 e. The summed E-state index contributed by atoms with van der Waals surface area (Å²) < 4.78 is 0. The van der Waals surface area contributed by atoms with Crippen molar-refractivity contribution in [3.63, 3.8) is 0 Å². The molecule has 0 atom stereocenters. The highest BCUT2D eigenvalue weighted by atomic mass is 32.1. The Bertz CT molecular complexity index is 393. The summed E-state index contributed by atoms with van der Waals surface area (Å²) in [6, 6.07) is 3.62. The number of hydrogen-bond acceptors (Lipinski definition) is 4. The Labute approximate surface area is 118 Å². The van der Waals surface area contributed by atoms with Crippen molar-refractivity contribution >= 4 is 23.3 Å². The molecule has 2 N–H and O–H groups in total. The van der Waals surface area contributed by atoms with Gasteiger partial charge in [0.15, 0.2) is 0 Å². The molecule has 1 aromatic heterocycles. The van der Waals surface area contributed by atoms with Gasteiger partial charge in [0.2, 0.25) is 5.91 Å². The number of carbonyl (C=O) groups is 2. The third-order valence-corrected chi connectivity index (χ3v) is 3.42. The highest BCUT2D eigenvalue weighted by Gasteiger charge is 2.12. The van der Waals surface area contributed by atoms with Crippen molar-refractivity contribution in [2.24, 2.45) is 0 Å². The Morgan fingerprint density at radius 2 is 2.16 bits per heavy atom. The number of hydrogen-bond donors (Lipinski definition) is 2. The lowest BCUT2D eigenvalue weighted by Crippen LogP contribution is -2.44. The van der Waals surface area contributed by atoms with Crippen LogP contribution in [0.1, 0.15) is 25.1 Å². The Kier molecular flexibility index (Phi) is 7.14. The van der Waals surface area contributed by atoms with Crippen LogP contribution in [0, 0.1) is 0 Å². The fraction of sp³-hybridized carbons (Fsp3) is 0.538. The van der Waals surface area contributed by atoms with Gasteiger partial charge in [-0.3, -0.25) is 15.0 Å². The molecule has 0 unspecified atom stereocenters. The summed E-state index contributed by atoms with van der Waals surface area (Å²) in [4.78, 5) is 26.3. The van der Waals surface area contributed by atoms with E-state index in [1.54, 1.807) is 11.3 Å². The molecule has 0 fully saturated rings. The second kappa shape index (κ2) is 8.66. The van der Waals surface area contributed by atoms with Crippen LogP contribution in [-0.4, -0.2) is 36.5 Å². The zero-order valence-electron chi connectivity index (χ0n) is 11.4. The molecule has 3 amide bonds. The largest absolute Gasteiger partial charge is 0.338 e. The molecular formula is C13H21N3O2S. The van der Waals surface area contributed by atoms with Gasteiger partial charge < -0.3 is 5.32 Å². The first kappa shape index (κ1) is 15.7. The van der Waals surface area contributed by atoms with Gasteiger partial charge in [-0.1, -0.05) is 19.9 Å². The van der Waals surface area contributed by atoms with Crippen LogP contribution in [0.25, 0.3) is 0 Å². The van der Waals surface area contributed by atoms with E-state index in [0.29, 0.717) is 6.54 Å². The minimum atomic E-state index is -0.418. The zero-order chi connectivity index (χ0) is 14.1. The molecule has 6 heteroatoms. The number of likely N-dealkylation sites (N-methyl/N-ethyl adjacent to an activating group) is 1. The fourth-order valence-electron chi connectivity index (χ4n) is 1.55. The van der Waals surface area contributed by atoms with Crippen LogP contribution in [0.4, 0.5) is 4.79 Å². The summed E-state index contributed by atoms with van der Waals surface area (Å²) in [6.45, 7) is 6.26. The Morgan fingerprint density at radius 1 is 1.37 bits per heavy atom. The predicted octanol–water partition coefficient (Wildman–Crippen LogP) is 1.81. The zero-order valence-corrected chi connectivity index (χ0v) is 12.3. The summed E-state index contributed by atoms with van der Waals surface area (Å²) in [5, 5.41) is 6.96. The van der Waals surface area contributed by atoms with E-state index in [9.17, 15) is 9.59 Å². The molecular weight excluding hydrogens is 262 g/mol. The predicted molar refractivity (Wildman–Crippen MR) is 77.1 cm³/mol. The highest BCUT2D eigenvalue weighted by molar-refractivity contribution is 7.09. The van der Waals surface area contributed by atoms with E-state index < -0.39 is 6.03 Å². The van der Waals surface area contributed by atoms with Gasteiger partial charge in [0.25, 0.3) is 0 Å². The summed E-state index contributed by atoms with van der Waals surface area (Å²) in [7, 11) is 0. The maximum atomic E-state index is 11.7. The van der Waals surface area contributed by atoms with Crippen LogP contribution in [0.15, 0.2) is 17.5 Å². The Balaban J connectivity index is 2.34. The highest BCUT2D eigenvalue weighted by Crippen LogP contribution is 2.11. The second-order valence-electron chi connectivity index (χ2n) is 4.19. The normalized spacial score (nSPS) is 10.5. The van der Waals surface area contributed by atoms with Crippen LogP contribution in [0.2, 0.25) is 0 Å². The smallest absolute Gasteiger partial charge is 0.321 e. The molecule has 0 aliphatic carbocycles. The molecule has 106 valence electrons. The first-order valence-electron chi connectivity index (χ1n) is 6.48. The number of amides is 3. The van der Waals surface area contributed by atoms with Crippen LogP contribution in [-0.2, 0) is 11.3 Å². The molecule has 19 heavy (non-hydrogen) atoms. The molecule has 0 bridgehead atoms. The number of nitrogens with zero attached hydrogens (tertiary/aromatic N) is 1. The summed E-state index contributed by atoms with van der Waals surface area (Å²) in [5.74, 6) is -0.271. The van der Waals surface area contributed by atoms with Crippen LogP contribution >= 0.6 is 11.3 Å². The molecule has 0 aromatic carbocycles. The lowest BCUT2D eigenvalue weighted by Gasteiger charge is -2.18. The summed E-state index contributed by atoms with van der Waals surface area (Å²) >= 11 is 1.67. The molecule has 0 aliphatic heterocycles. The van der Waals surface area contributed by atoms with Crippen molar-refractivity contribution < 1.29 is 9.59 Å². The van der Waals surface area contributed by atoms with E-state index in [1.165, 1.54) is 4.88 Å². The van der Waals surface area contributed by atoms with Gasteiger partial charge in [-0.2, -0.15) is 0 Å². The molecule has 0 saturated carbocycles. The average Bonchev–Trinajstić information content (AvgIpc) is 2.88. The van der Waals surface area contributed by atoms with Crippen molar-refractivity contribution in [2.75, 3.05) is 19.6 Å². The molecule has 0 saturated heterocycles. The third-order valence-electron chi connectivity index (χ3n) is 2.56. The third kappa shape index (κ3) is 6.35. The van der Waals surface area contributed by atoms with E-state index in [4.69, 9.17) is 0 Å². The van der Waals surface area contributed by atoms with Gasteiger partial charge in [0, 0.05) is 18.0 Å². The Hall–Kier alpha value is -1.40. The molecule has 1 rings (SSSR count). The summed E-state index contributed by atoms with van der Waals surface area (Å²) in [6.07, 6.45) is 0.848. The fourth-order valence-corrected chi connectivity index (χ4v) is 2.30. The van der Waals surface area contributed by atoms with Crippen molar-refractivity contribution in [1.82, 2.24) is 15.5 Å². The monoisotopic (exact) mass is 283 g/mol. The van der Waals surface area contributed by atoms with E-state index in [1.807, 2.05) is 36.3 Å². The quantitative estimate of drug-likeness (QED) is 0.802. The van der Waals surface area contributed by atoms with Gasteiger partial charge in [-0.25, -0.2) is 4.79 Å². The number of imide groups is 1. The van der Waals surface area contributed by atoms with Gasteiger partial charge in [-0.05, 0) is 24.4 Å². The number of thiophene rings is 1. The molecule has 1 heterocycles. The maximum Gasteiger partial charge on any atom is 0.321 e. The Morgan fingerprint density at radius 3 is 2.74 bits per heavy atom. The van der Waals surface area contributed by atoms with E-state index >= 15 is 0 Å². The van der Waals surface area contributed by atoms with Gasteiger partial charge in [-0.15, -0.1) is 11.3 Å². The minimum absolute atomic E-state index is 0.230. The van der Waals surface area contributed by atoms with Gasteiger partial charge in [0.05, 0.1) is 6.54 Å². The van der Waals surface area contributed by atoms with Crippen molar-refractivity contribution in [3.8, 4) is 0 Å². The van der Waals surface area contributed by atoms with Gasteiger partial charge in [0.1, 0.15) is 0 Å². The molecule has 5 nitrogen and oxygen atoms in total. The number of nitrogens with one attached hydrogen (secondary N) is 2. The SMILES string of the molecule is CCCNC(=O)NC(=O)CN(CC)Cc1cccs1. The van der Waals surface area contributed by atoms with Crippen molar-refractivity contribution in [3.05, 3.63) is 22.4 Å². The molecule has 0 radical (unpaired) electrons. The van der Waals surface area contributed by atoms with Gasteiger partial charge >= 0.3 is 6.03 Å². The van der Waals surface area contributed by atoms with Crippen LogP contribution in [0.3, 0.4) is 0 Å². The first-order valence-corrected chi connectivity index (χ1v) is 7.36. The number of carbonyl (C=O) groups excluding carboxylic acids is 2. The van der Waals surface area contributed by atoms with E-state index in [2.05, 4.69) is 10.6 Å². The number of urea groups is 1. The topological polar surface area (TPSA) is 61.4 Å². The first-order chi connectivity index (χ1) is 9.15. The molecule has 0 spiro atoms. The lowest BCUT2D eigenvalue weighted by molar-refractivity contribution is -0.121. The average molecular weight is 283 g/mol. The lowest BCUT2D eigenvalue weighted by atomic mass is 10.4. The van der Waals surface area contributed by atoms with Crippen LogP contribution in [0.5, 0.6) is 0 Å². The van der Waals surface area contributed by atoms with Crippen molar-refractivity contribution in [2.45, 2.75) is 26.8 Å². The number of rotatable bonds is 7. The summed E-state index contributed by atoms with van der Waals surface area (Å²) in [5.41, 5.74) is 0.